The summed E-state index contributed by atoms with van der Waals surface area (Å²) >= 11 is 0. The minimum atomic E-state index is -0.251. The predicted molar refractivity (Wildman–Crippen MR) is 150 cm³/mol. The number of carbonyl (C=O) groups is 2. The highest BCUT2D eigenvalue weighted by atomic mass is 16.2. The number of hydrogen-bond donors (Lipinski definition) is 3. The first-order chi connectivity index (χ1) is 19.1. The highest BCUT2D eigenvalue weighted by molar-refractivity contribution is 6.02. The number of imidazole rings is 1. The highest BCUT2D eigenvalue weighted by Gasteiger charge is 2.48. The molecule has 2 heterocycles. The number of nitrogens with one attached hydrogen (secondary N) is 3. The van der Waals surface area contributed by atoms with E-state index in [1.807, 2.05) is 48.5 Å². The van der Waals surface area contributed by atoms with Crippen molar-refractivity contribution >= 4 is 17.5 Å². The summed E-state index contributed by atoms with van der Waals surface area (Å²) in [6, 6.07) is 20.8. The van der Waals surface area contributed by atoms with Crippen molar-refractivity contribution in [3.8, 4) is 22.6 Å². The molecule has 0 unspecified atom stereocenters. The number of rotatable bonds is 6. The van der Waals surface area contributed by atoms with E-state index in [1.165, 1.54) is 32.1 Å². The fraction of sp³-hybridized carbons (Fsp3) is 0.312. The van der Waals surface area contributed by atoms with Gasteiger partial charge < -0.3 is 15.6 Å². The number of aromatic amines is 1. The van der Waals surface area contributed by atoms with Gasteiger partial charge >= 0.3 is 0 Å². The third-order valence-electron chi connectivity index (χ3n) is 8.87. The summed E-state index contributed by atoms with van der Waals surface area (Å²) in [5.41, 5.74) is 4.52. The molecule has 0 saturated heterocycles. The van der Waals surface area contributed by atoms with Crippen molar-refractivity contribution < 1.29 is 9.59 Å². The molecule has 4 bridgehead atoms. The van der Waals surface area contributed by atoms with Crippen LogP contribution in [0.25, 0.3) is 22.6 Å². The second-order valence-corrected chi connectivity index (χ2v) is 11.4. The van der Waals surface area contributed by atoms with Gasteiger partial charge in [-0.2, -0.15) is 0 Å². The van der Waals surface area contributed by atoms with E-state index in [1.54, 1.807) is 30.6 Å². The third-order valence-corrected chi connectivity index (χ3v) is 8.87. The molecule has 196 valence electrons. The molecule has 2 aromatic carbocycles. The monoisotopic (exact) mass is 517 g/mol. The summed E-state index contributed by atoms with van der Waals surface area (Å²) in [4.78, 5) is 37.4. The lowest BCUT2D eigenvalue weighted by molar-refractivity contribution is -0.0119. The minimum absolute atomic E-state index is 0.0412. The van der Waals surface area contributed by atoms with Crippen molar-refractivity contribution in [1.82, 2.24) is 20.3 Å². The van der Waals surface area contributed by atoms with Crippen LogP contribution in [0.2, 0.25) is 0 Å². The fourth-order valence-electron chi connectivity index (χ4n) is 7.21. The molecule has 2 aromatic heterocycles. The Labute approximate surface area is 227 Å². The number of benzene rings is 2. The van der Waals surface area contributed by atoms with Crippen LogP contribution in [0, 0.1) is 23.7 Å². The zero-order valence-electron chi connectivity index (χ0n) is 21.6. The molecule has 4 saturated carbocycles. The van der Waals surface area contributed by atoms with Gasteiger partial charge in [0, 0.05) is 29.1 Å². The van der Waals surface area contributed by atoms with Crippen LogP contribution in [-0.2, 0) is 0 Å². The van der Waals surface area contributed by atoms with Crippen molar-refractivity contribution in [2.24, 2.45) is 23.7 Å². The highest BCUT2D eigenvalue weighted by Crippen LogP contribution is 2.53. The van der Waals surface area contributed by atoms with Crippen molar-refractivity contribution in [2.45, 2.75) is 38.1 Å². The second-order valence-electron chi connectivity index (χ2n) is 11.4. The fourth-order valence-corrected chi connectivity index (χ4v) is 7.21. The summed E-state index contributed by atoms with van der Waals surface area (Å²) in [7, 11) is 0. The molecule has 0 spiro atoms. The van der Waals surface area contributed by atoms with Crippen molar-refractivity contribution in [3.63, 3.8) is 0 Å². The lowest BCUT2D eigenvalue weighted by Gasteiger charge is -2.54. The Bertz CT molecular complexity index is 1470. The van der Waals surface area contributed by atoms with E-state index in [9.17, 15) is 9.59 Å². The number of nitrogens with zero attached hydrogens (tertiary/aromatic N) is 2. The van der Waals surface area contributed by atoms with Crippen LogP contribution in [0.5, 0.6) is 0 Å². The molecule has 39 heavy (non-hydrogen) atoms. The van der Waals surface area contributed by atoms with Gasteiger partial charge in [0.05, 0.1) is 11.9 Å². The van der Waals surface area contributed by atoms with Gasteiger partial charge in [0.2, 0.25) is 0 Å². The van der Waals surface area contributed by atoms with Crippen LogP contribution in [0.3, 0.4) is 0 Å². The molecule has 4 aliphatic carbocycles. The first kappa shape index (κ1) is 23.8. The lowest BCUT2D eigenvalue weighted by atomic mass is 9.54. The van der Waals surface area contributed by atoms with E-state index < -0.39 is 0 Å². The van der Waals surface area contributed by atoms with Gasteiger partial charge in [0.15, 0.2) is 0 Å². The minimum Gasteiger partial charge on any atom is -0.349 e. The topological polar surface area (TPSA) is 99.8 Å². The molecule has 7 heteroatoms. The zero-order valence-corrected chi connectivity index (χ0v) is 21.6. The van der Waals surface area contributed by atoms with Gasteiger partial charge in [0.25, 0.3) is 11.8 Å². The van der Waals surface area contributed by atoms with E-state index in [0.717, 1.165) is 34.5 Å². The van der Waals surface area contributed by atoms with Gasteiger partial charge in [0.1, 0.15) is 11.5 Å². The number of pyridine rings is 1. The first-order valence-electron chi connectivity index (χ1n) is 13.9. The van der Waals surface area contributed by atoms with Crippen molar-refractivity contribution in [3.05, 3.63) is 90.4 Å². The van der Waals surface area contributed by atoms with E-state index in [-0.39, 0.29) is 11.8 Å². The molecular weight excluding hydrogens is 486 g/mol. The van der Waals surface area contributed by atoms with E-state index >= 15 is 0 Å². The largest absolute Gasteiger partial charge is 0.349 e. The number of amides is 2. The average molecular weight is 518 g/mol. The molecule has 4 aliphatic rings. The molecule has 0 aliphatic heterocycles. The van der Waals surface area contributed by atoms with Gasteiger partial charge in [-0.1, -0.05) is 18.2 Å². The molecule has 0 radical (unpaired) electrons. The van der Waals surface area contributed by atoms with Crippen LogP contribution >= 0.6 is 0 Å². The molecule has 7 nitrogen and oxygen atoms in total. The standard InChI is InChI=1S/C32H31N5O2/c38-31(37-29-24-14-19-13-20(16-24)17-25(29)15-19)23-6-4-21(5-7-23)28-18-34-30(36-28)22-8-10-26(11-9-22)35-32(39)27-3-1-2-12-33-27/h1-12,18-20,24-25,29H,13-17H2,(H,34,36)(H,35,39)(H,37,38). The molecule has 4 aromatic rings. The Kier molecular flexibility index (Phi) is 5.99. The lowest BCUT2D eigenvalue weighted by Crippen LogP contribution is -2.55. The van der Waals surface area contributed by atoms with Crippen LogP contribution in [0.4, 0.5) is 5.69 Å². The molecule has 0 atom stereocenters. The Morgan fingerprint density at radius 3 is 2.10 bits per heavy atom. The number of anilines is 1. The first-order valence-corrected chi connectivity index (χ1v) is 13.9. The van der Waals surface area contributed by atoms with Crippen molar-refractivity contribution in [1.29, 1.82) is 0 Å². The SMILES string of the molecule is O=C(NC1C2CC3CC(C2)CC1C3)c1ccc(-c2cnc(-c3ccc(NC(=O)c4ccccn4)cc3)[nH]2)cc1. The third kappa shape index (κ3) is 4.73. The Morgan fingerprint density at radius 1 is 0.744 bits per heavy atom. The Hall–Kier alpha value is -4.26. The molecule has 4 fully saturated rings. The maximum absolute atomic E-state index is 13.1. The normalized spacial score (nSPS) is 24.9. The molecular formula is C32H31N5O2. The van der Waals surface area contributed by atoms with Gasteiger partial charge in [-0.05, 0) is 110 Å². The van der Waals surface area contributed by atoms with Crippen LogP contribution < -0.4 is 10.6 Å². The zero-order chi connectivity index (χ0) is 26.3. The van der Waals surface area contributed by atoms with Crippen molar-refractivity contribution in [2.75, 3.05) is 5.32 Å². The maximum atomic E-state index is 13.1. The molecule has 8 rings (SSSR count). The van der Waals surface area contributed by atoms with Gasteiger partial charge in [-0.25, -0.2) is 4.98 Å². The summed E-state index contributed by atoms with van der Waals surface area (Å²) in [5, 5.41) is 6.26. The number of H-pyrrole nitrogens is 1. The number of carbonyl (C=O) groups excluding carboxylic acids is 2. The molecule has 3 N–H and O–H groups in total. The van der Waals surface area contributed by atoms with E-state index in [4.69, 9.17) is 0 Å². The Balaban J connectivity index is 0.993. The summed E-state index contributed by atoms with van der Waals surface area (Å²) in [6.07, 6.45) is 9.99. The Morgan fingerprint density at radius 2 is 1.44 bits per heavy atom. The summed E-state index contributed by atoms with van der Waals surface area (Å²) in [6.45, 7) is 0. The maximum Gasteiger partial charge on any atom is 0.274 e. The van der Waals surface area contributed by atoms with Gasteiger partial charge in [-0.15, -0.1) is 0 Å². The van der Waals surface area contributed by atoms with Crippen LogP contribution in [0.1, 0.15) is 53.0 Å². The van der Waals surface area contributed by atoms with Crippen LogP contribution in [-0.4, -0.2) is 32.8 Å². The number of hydrogen-bond acceptors (Lipinski definition) is 4. The summed E-state index contributed by atoms with van der Waals surface area (Å²) in [5.74, 6) is 3.65. The second kappa shape index (κ2) is 9.80. The average Bonchev–Trinajstić information content (AvgIpc) is 3.46. The smallest absolute Gasteiger partial charge is 0.274 e. The van der Waals surface area contributed by atoms with E-state index in [2.05, 4.69) is 25.6 Å². The predicted octanol–water partition coefficient (Wildman–Crippen LogP) is 5.95. The summed E-state index contributed by atoms with van der Waals surface area (Å²) < 4.78 is 0. The quantitative estimate of drug-likeness (QED) is 0.294. The van der Waals surface area contributed by atoms with Crippen LogP contribution in [0.15, 0.2) is 79.1 Å². The molecule has 2 amide bonds. The van der Waals surface area contributed by atoms with E-state index in [0.29, 0.717) is 34.8 Å². The van der Waals surface area contributed by atoms with Gasteiger partial charge in [-0.3, -0.25) is 14.6 Å². The number of aromatic nitrogens is 3.